The Morgan fingerprint density at radius 3 is 2.75 bits per heavy atom. The van der Waals surface area contributed by atoms with Crippen molar-refractivity contribution in [1.29, 1.82) is 0 Å². The van der Waals surface area contributed by atoms with Crippen molar-refractivity contribution in [3.63, 3.8) is 0 Å². The van der Waals surface area contributed by atoms with E-state index in [4.69, 9.17) is 4.74 Å². The van der Waals surface area contributed by atoms with Crippen LogP contribution in [0.25, 0.3) is 0 Å². The third-order valence-electron chi connectivity index (χ3n) is 3.33. The number of hydrogen-bond acceptors (Lipinski definition) is 3. The molecule has 20 heavy (non-hydrogen) atoms. The normalized spacial score (nSPS) is 17.4. The number of halogens is 1. The van der Waals surface area contributed by atoms with Gasteiger partial charge in [0.1, 0.15) is 5.75 Å². The molecule has 1 aliphatic rings. The van der Waals surface area contributed by atoms with Gasteiger partial charge in [-0.2, -0.15) is 0 Å². The maximum Gasteiger partial charge on any atom is 0.224 e. The number of anilines is 1. The summed E-state index contributed by atoms with van der Waals surface area (Å²) in [4.78, 5) is 11.8. The first-order chi connectivity index (χ1) is 9.28. The van der Waals surface area contributed by atoms with Crippen LogP contribution in [0.15, 0.2) is 24.3 Å². The molecule has 1 atom stereocenters. The predicted octanol–water partition coefficient (Wildman–Crippen LogP) is 2.98. The SMILES string of the molecule is CCOc1ccc(NC(=O)CCC2CCCN2)cc1.Cl. The van der Waals surface area contributed by atoms with Gasteiger partial charge in [-0.15, -0.1) is 12.4 Å². The second-order valence-corrected chi connectivity index (χ2v) is 4.84. The summed E-state index contributed by atoms with van der Waals surface area (Å²) in [6.45, 7) is 3.69. The number of hydrogen-bond donors (Lipinski definition) is 2. The minimum atomic E-state index is 0. The van der Waals surface area contributed by atoms with Crippen molar-refractivity contribution >= 4 is 24.0 Å². The highest BCUT2D eigenvalue weighted by atomic mass is 35.5. The van der Waals surface area contributed by atoms with Crippen LogP contribution in [0.1, 0.15) is 32.6 Å². The third kappa shape index (κ3) is 5.39. The first-order valence-electron chi connectivity index (χ1n) is 7.04. The summed E-state index contributed by atoms with van der Waals surface area (Å²) >= 11 is 0. The molecule has 1 heterocycles. The molecule has 1 aliphatic heterocycles. The summed E-state index contributed by atoms with van der Waals surface area (Å²) in [7, 11) is 0. The molecule has 1 amide bonds. The molecular weight excluding hydrogens is 276 g/mol. The van der Waals surface area contributed by atoms with Crippen LogP contribution in [-0.2, 0) is 4.79 Å². The maximum atomic E-state index is 11.8. The minimum Gasteiger partial charge on any atom is -0.494 e. The predicted molar refractivity (Wildman–Crippen MR) is 83.7 cm³/mol. The average Bonchev–Trinajstić information content (AvgIpc) is 2.92. The highest BCUT2D eigenvalue weighted by molar-refractivity contribution is 5.90. The van der Waals surface area contributed by atoms with E-state index >= 15 is 0 Å². The third-order valence-corrected chi connectivity index (χ3v) is 3.33. The van der Waals surface area contributed by atoms with Crippen molar-refractivity contribution in [2.75, 3.05) is 18.5 Å². The number of ether oxygens (including phenoxy) is 1. The Balaban J connectivity index is 0.00000200. The zero-order valence-corrected chi connectivity index (χ0v) is 12.7. The molecule has 1 unspecified atom stereocenters. The van der Waals surface area contributed by atoms with Gasteiger partial charge in [0.05, 0.1) is 6.61 Å². The fraction of sp³-hybridized carbons (Fsp3) is 0.533. The number of amides is 1. The molecule has 4 nitrogen and oxygen atoms in total. The van der Waals surface area contributed by atoms with Gasteiger partial charge in [-0.05, 0) is 57.0 Å². The van der Waals surface area contributed by atoms with Gasteiger partial charge in [0.15, 0.2) is 0 Å². The zero-order valence-electron chi connectivity index (χ0n) is 11.9. The quantitative estimate of drug-likeness (QED) is 0.849. The molecule has 2 N–H and O–H groups in total. The lowest BCUT2D eigenvalue weighted by molar-refractivity contribution is -0.116. The van der Waals surface area contributed by atoms with E-state index < -0.39 is 0 Å². The standard InChI is InChI=1S/C15H22N2O2.ClH/c1-2-19-14-8-5-13(6-9-14)17-15(18)10-7-12-4-3-11-16-12;/h5-6,8-9,12,16H,2-4,7,10-11H2,1H3,(H,17,18);1H. The van der Waals surface area contributed by atoms with Gasteiger partial charge in [0.2, 0.25) is 5.91 Å². The zero-order chi connectivity index (χ0) is 13.5. The van der Waals surface area contributed by atoms with Gasteiger partial charge in [0.25, 0.3) is 0 Å². The lowest BCUT2D eigenvalue weighted by Crippen LogP contribution is -2.23. The number of benzene rings is 1. The molecule has 1 saturated heterocycles. The number of carbonyl (C=O) groups is 1. The van der Waals surface area contributed by atoms with Crippen LogP contribution >= 0.6 is 12.4 Å². The van der Waals surface area contributed by atoms with E-state index in [0.29, 0.717) is 19.1 Å². The Kier molecular flexibility index (Phi) is 7.41. The maximum absolute atomic E-state index is 11.8. The Morgan fingerprint density at radius 1 is 1.40 bits per heavy atom. The van der Waals surface area contributed by atoms with Crippen molar-refractivity contribution in [2.45, 2.75) is 38.6 Å². The molecule has 1 aromatic rings. The van der Waals surface area contributed by atoms with E-state index in [0.717, 1.165) is 24.4 Å². The summed E-state index contributed by atoms with van der Waals surface area (Å²) in [5, 5.41) is 6.31. The van der Waals surface area contributed by atoms with Gasteiger partial charge in [-0.1, -0.05) is 0 Å². The molecule has 5 heteroatoms. The summed E-state index contributed by atoms with van der Waals surface area (Å²) < 4.78 is 5.36. The summed E-state index contributed by atoms with van der Waals surface area (Å²) in [5.41, 5.74) is 0.827. The number of carbonyl (C=O) groups excluding carboxylic acids is 1. The van der Waals surface area contributed by atoms with Crippen LogP contribution in [0.2, 0.25) is 0 Å². The largest absolute Gasteiger partial charge is 0.494 e. The van der Waals surface area contributed by atoms with Gasteiger partial charge >= 0.3 is 0 Å². The van der Waals surface area contributed by atoms with Crippen molar-refractivity contribution in [3.05, 3.63) is 24.3 Å². The summed E-state index contributed by atoms with van der Waals surface area (Å²) in [5.74, 6) is 0.911. The molecule has 1 fully saturated rings. The molecule has 0 aliphatic carbocycles. The van der Waals surface area contributed by atoms with E-state index in [-0.39, 0.29) is 18.3 Å². The fourth-order valence-corrected chi connectivity index (χ4v) is 2.33. The molecule has 0 radical (unpaired) electrons. The lowest BCUT2D eigenvalue weighted by atomic mass is 10.1. The summed E-state index contributed by atoms with van der Waals surface area (Å²) in [6, 6.07) is 8.01. The van der Waals surface area contributed by atoms with E-state index in [1.54, 1.807) is 0 Å². The van der Waals surface area contributed by atoms with Gasteiger partial charge in [-0.3, -0.25) is 4.79 Å². The number of nitrogens with one attached hydrogen (secondary N) is 2. The van der Waals surface area contributed by atoms with Crippen LogP contribution in [0, 0.1) is 0 Å². The first kappa shape index (κ1) is 16.8. The van der Waals surface area contributed by atoms with Crippen molar-refractivity contribution in [3.8, 4) is 5.75 Å². The van der Waals surface area contributed by atoms with E-state index in [9.17, 15) is 4.79 Å². The van der Waals surface area contributed by atoms with Crippen LogP contribution in [0.4, 0.5) is 5.69 Å². The van der Waals surface area contributed by atoms with E-state index in [1.165, 1.54) is 12.8 Å². The van der Waals surface area contributed by atoms with Crippen LogP contribution in [0.3, 0.4) is 0 Å². The van der Waals surface area contributed by atoms with Crippen molar-refractivity contribution < 1.29 is 9.53 Å². The van der Waals surface area contributed by atoms with Gasteiger partial charge in [0, 0.05) is 18.2 Å². The fourth-order valence-electron chi connectivity index (χ4n) is 2.33. The lowest BCUT2D eigenvalue weighted by Gasteiger charge is -2.10. The van der Waals surface area contributed by atoms with Gasteiger partial charge in [-0.25, -0.2) is 0 Å². The van der Waals surface area contributed by atoms with Crippen LogP contribution < -0.4 is 15.4 Å². The monoisotopic (exact) mass is 298 g/mol. The smallest absolute Gasteiger partial charge is 0.224 e. The highest BCUT2D eigenvalue weighted by Gasteiger charge is 2.15. The number of rotatable bonds is 6. The van der Waals surface area contributed by atoms with Crippen molar-refractivity contribution in [1.82, 2.24) is 5.32 Å². The highest BCUT2D eigenvalue weighted by Crippen LogP contribution is 2.16. The Hall–Kier alpha value is -1.26. The second-order valence-electron chi connectivity index (χ2n) is 4.84. The average molecular weight is 299 g/mol. The first-order valence-corrected chi connectivity index (χ1v) is 7.04. The van der Waals surface area contributed by atoms with Crippen LogP contribution in [0.5, 0.6) is 5.75 Å². The topological polar surface area (TPSA) is 50.4 Å². The molecule has 0 aromatic heterocycles. The molecule has 0 spiro atoms. The molecular formula is C15H23ClN2O2. The molecule has 1 aromatic carbocycles. The molecule has 112 valence electrons. The molecule has 0 bridgehead atoms. The molecule has 2 rings (SSSR count). The van der Waals surface area contributed by atoms with Crippen molar-refractivity contribution in [2.24, 2.45) is 0 Å². The summed E-state index contributed by atoms with van der Waals surface area (Å²) in [6.07, 6.45) is 3.91. The molecule has 0 saturated carbocycles. The Morgan fingerprint density at radius 2 is 2.15 bits per heavy atom. The second kappa shape index (κ2) is 8.82. The Labute approximate surface area is 126 Å². The van der Waals surface area contributed by atoms with E-state index in [2.05, 4.69) is 10.6 Å². The minimum absolute atomic E-state index is 0. The van der Waals surface area contributed by atoms with Crippen LogP contribution in [-0.4, -0.2) is 25.1 Å². The van der Waals surface area contributed by atoms with Gasteiger partial charge < -0.3 is 15.4 Å². The van der Waals surface area contributed by atoms with E-state index in [1.807, 2.05) is 31.2 Å². The Bertz CT molecular complexity index is 403.